The van der Waals surface area contributed by atoms with E-state index in [9.17, 15) is 9.90 Å². The van der Waals surface area contributed by atoms with Crippen LogP contribution in [-0.2, 0) is 11.2 Å². The number of aliphatic hydroxyl groups is 1. The van der Waals surface area contributed by atoms with Crippen molar-refractivity contribution in [1.29, 1.82) is 0 Å². The van der Waals surface area contributed by atoms with Crippen LogP contribution < -0.4 is 10.1 Å². The third-order valence-electron chi connectivity index (χ3n) is 7.10. The van der Waals surface area contributed by atoms with Gasteiger partial charge in [-0.2, -0.15) is 0 Å². The molecule has 3 N–H and O–H groups in total. The number of ether oxygens (including phenoxy) is 2. The number of aromatic nitrogens is 2. The number of nitrogens with one attached hydrogen (secondary N) is 2. The normalized spacial score (nSPS) is 18.7. The molecule has 1 aromatic heterocycles. The maximum absolute atomic E-state index is 13.0. The standard InChI is InChI=1S/C26H32N4O4/c1-33-21-8-7-20(19-9-15-34-16-10-19)22-23(21)28-24(27-22)29-25(31)30-13-11-26(32,12-14-30)17-18-5-3-2-4-6-18/h2-8,19,32H,9-17H2,1H3,(H2,27,28,29,31). The molecule has 2 aliphatic heterocycles. The SMILES string of the molecule is COc1ccc(C2CCOCC2)c2nc(NC(=O)N3CCC(O)(Cc4ccccc4)CC3)[nH]c12. The second kappa shape index (κ2) is 9.64. The average Bonchev–Trinajstić information content (AvgIpc) is 3.28. The average molecular weight is 465 g/mol. The van der Waals surface area contributed by atoms with E-state index in [1.165, 1.54) is 0 Å². The van der Waals surface area contributed by atoms with Crippen LogP contribution in [0.3, 0.4) is 0 Å². The summed E-state index contributed by atoms with van der Waals surface area (Å²) in [7, 11) is 1.63. The molecule has 8 heteroatoms. The molecule has 2 saturated heterocycles. The summed E-state index contributed by atoms with van der Waals surface area (Å²) >= 11 is 0. The number of carbonyl (C=O) groups excluding carboxylic acids is 1. The predicted octanol–water partition coefficient (Wildman–Crippen LogP) is 4.07. The summed E-state index contributed by atoms with van der Waals surface area (Å²) in [4.78, 5) is 22.7. The molecule has 2 amide bonds. The molecule has 34 heavy (non-hydrogen) atoms. The number of fused-ring (bicyclic) bond motifs is 1. The third-order valence-corrected chi connectivity index (χ3v) is 7.10. The zero-order valence-electron chi connectivity index (χ0n) is 19.5. The van der Waals surface area contributed by atoms with Gasteiger partial charge in [-0.3, -0.25) is 5.32 Å². The Morgan fingerprint density at radius 1 is 1.21 bits per heavy atom. The lowest BCUT2D eigenvalue weighted by Gasteiger charge is -2.38. The largest absolute Gasteiger partial charge is 0.494 e. The number of carbonyl (C=O) groups is 1. The fraction of sp³-hybridized carbons (Fsp3) is 0.462. The highest BCUT2D eigenvalue weighted by atomic mass is 16.5. The number of hydrogen-bond donors (Lipinski definition) is 3. The molecule has 0 bridgehead atoms. The Labute approximate surface area is 199 Å². The second-order valence-corrected chi connectivity index (χ2v) is 9.36. The van der Waals surface area contributed by atoms with Crippen LogP contribution in [0.4, 0.5) is 10.7 Å². The lowest BCUT2D eigenvalue weighted by molar-refractivity contribution is -0.0105. The lowest BCUT2D eigenvalue weighted by atomic mass is 9.85. The Morgan fingerprint density at radius 2 is 1.94 bits per heavy atom. The predicted molar refractivity (Wildman–Crippen MR) is 130 cm³/mol. The number of piperidine rings is 1. The molecule has 2 fully saturated rings. The molecule has 3 heterocycles. The van der Waals surface area contributed by atoms with Gasteiger partial charge in [-0.05, 0) is 48.8 Å². The number of anilines is 1. The van der Waals surface area contributed by atoms with Gasteiger partial charge in [0, 0.05) is 32.7 Å². The van der Waals surface area contributed by atoms with Crippen molar-refractivity contribution in [3.05, 3.63) is 53.6 Å². The summed E-state index contributed by atoms with van der Waals surface area (Å²) in [5.74, 6) is 1.48. The number of likely N-dealkylation sites (tertiary alicyclic amines) is 1. The number of H-pyrrole nitrogens is 1. The van der Waals surface area contributed by atoms with Crippen molar-refractivity contribution >= 4 is 23.0 Å². The Hall–Kier alpha value is -3.10. The minimum Gasteiger partial charge on any atom is -0.494 e. The monoisotopic (exact) mass is 464 g/mol. The fourth-order valence-corrected chi connectivity index (χ4v) is 5.11. The number of benzene rings is 2. The van der Waals surface area contributed by atoms with Gasteiger partial charge in [-0.15, -0.1) is 0 Å². The molecule has 2 aliphatic rings. The number of nitrogens with zero attached hydrogens (tertiary/aromatic N) is 2. The highest BCUT2D eigenvalue weighted by molar-refractivity contribution is 5.92. The molecular weight excluding hydrogens is 432 g/mol. The molecule has 0 unspecified atom stereocenters. The zero-order valence-corrected chi connectivity index (χ0v) is 19.5. The molecule has 8 nitrogen and oxygen atoms in total. The van der Waals surface area contributed by atoms with Crippen LogP contribution in [-0.4, -0.2) is 65.0 Å². The summed E-state index contributed by atoms with van der Waals surface area (Å²) in [5.41, 5.74) is 3.10. The minimum absolute atomic E-state index is 0.215. The van der Waals surface area contributed by atoms with E-state index in [2.05, 4.69) is 16.4 Å². The second-order valence-electron chi connectivity index (χ2n) is 9.36. The van der Waals surface area contributed by atoms with Crippen LogP contribution in [0.25, 0.3) is 11.0 Å². The minimum atomic E-state index is -0.788. The summed E-state index contributed by atoms with van der Waals surface area (Å²) in [6.45, 7) is 2.48. The number of urea groups is 1. The van der Waals surface area contributed by atoms with Crippen molar-refractivity contribution in [3.8, 4) is 5.75 Å². The van der Waals surface area contributed by atoms with Crippen molar-refractivity contribution < 1.29 is 19.4 Å². The number of methoxy groups -OCH3 is 1. The Balaban J connectivity index is 1.27. The first-order valence-electron chi connectivity index (χ1n) is 12.0. The molecular formula is C26H32N4O4. The maximum atomic E-state index is 13.0. The molecule has 180 valence electrons. The summed E-state index contributed by atoms with van der Waals surface area (Å²) in [6.07, 6.45) is 3.58. The summed E-state index contributed by atoms with van der Waals surface area (Å²) in [5, 5.41) is 13.9. The first-order chi connectivity index (χ1) is 16.5. The number of aromatic amines is 1. The van der Waals surface area contributed by atoms with Crippen LogP contribution in [0.1, 0.15) is 42.7 Å². The van der Waals surface area contributed by atoms with E-state index in [0.717, 1.165) is 48.2 Å². The van der Waals surface area contributed by atoms with Gasteiger partial charge in [0.05, 0.1) is 18.2 Å². The Morgan fingerprint density at radius 3 is 2.65 bits per heavy atom. The Kier molecular flexibility index (Phi) is 6.43. The van der Waals surface area contributed by atoms with Gasteiger partial charge in [0.25, 0.3) is 0 Å². The van der Waals surface area contributed by atoms with E-state index in [4.69, 9.17) is 14.5 Å². The molecule has 5 rings (SSSR count). The number of rotatable bonds is 5. The lowest BCUT2D eigenvalue weighted by Crippen LogP contribution is -2.49. The van der Waals surface area contributed by atoms with Crippen molar-refractivity contribution in [2.75, 3.05) is 38.7 Å². The molecule has 0 saturated carbocycles. The van der Waals surface area contributed by atoms with Gasteiger partial charge in [0.2, 0.25) is 5.95 Å². The van der Waals surface area contributed by atoms with Crippen molar-refractivity contribution in [2.24, 2.45) is 0 Å². The number of imidazole rings is 1. The highest BCUT2D eigenvalue weighted by Crippen LogP contribution is 2.36. The van der Waals surface area contributed by atoms with Crippen LogP contribution in [0.15, 0.2) is 42.5 Å². The van der Waals surface area contributed by atoms with Crippen molar-refractivity contribution in [3.63, 3.8) is 0 Å². The summed E-state index contributed by atoms with van der Waals surface area (Å²) in [6, 6.07) is 13.8. The van der Waals surface area contributed by atoms with Gasteiger partial charge < -0.3 is 24.5 Å². The van der Waals surface area contributed by atoms with Gasteiger partial charge in [-0.1, -0.05) is 36.4 Å². The topological polar surface area (TPSA) is 99.7 Å². The number of hydrogen-bond acceptors (Lipinski definition) is 5. The van der Waals surface area contributed by atoms with E-state index in [-0.39, 0.29) is 6.03 Å². The first kappa shape index (κ1) is 22.7. The van der Waals surface area contributed by atoms with Gasteiger partial charge in [0.15, 0.2) is 0 Å². The van der Waals surface area contributed by atoms with E-state index < -0.39 is 5.60 Å². The van der Waals surface area contributed by atoms with Crippen LogP contribution in [0, 0.1) is 0 Å². The van der Waals surface area contributed by atoms with Crippen molar-refractivity contribution in [2.45, 2.75) is 43.6 Å². The zero-order chi connectivity index (χ0) is 23.5. The van der Waals surface area contributed by atoms with Gasteiger partial charge in [-0.25, -0.2) is 9.78 Å². The van der Waals surface area contributed by atoms with Crippen molar-refractivity contribution in [1.82, 2.24) is 14.9 Å². The maximum Gasteiger partial charge on any atom is 0.324 e. The third kappa shape index (κ3) is 4.74. The van der Waals surface area contributed by atoms with Gasteiger partial charge in [0.1, 0.15) is 11.3 Å². The van der Waals surface area contributed by atoms with Crippen LogP contribution in [0.2, 0.25) is 0 Å². The highest BCUT2D eigenvalue weighted by Gasteiger charge is 2.34. The Bertz CT molecular complexity index is 1130. The van der Waals surface area contributed by atoms with Crippen LogP contribution >= 0.6 is 0 Å². The van der Waals surface area contributed by atoms with Crippen LogP contribution in [0.5, 0.6) is 5.75 Å². The first-order valence-corrected chi connectivity index (χ1v) is 12.0. The molecule has 0 atom stereocenters. The molecule has 2 aromatic carbocycles. The van der Waals surface area contributed by atoms with E-state index >= 15 is 0 Å². The quantitative estimate of drug-likeness (QED) is 0.529. The molecule has 0 aliphatic carbocycles. The molecule has 0 spiro atoms. The fourth-order valence-electron chi connectivity index (χ4n) is 5.11. The van der Waals surface area contributed by atoms with E-state index in [1.54, 1.807) is 12.0 Å². The summed E-state index contributed by atoms with van der Waals surface area (Å²) < 4.78 is 11.0. The molecule has 0 radical (unpaired) electrons. The van der Waals surface area contributed by atoms with E-state index in [0.29, 0.717) is 50.0 Å². The number of amides is 2. The van der Waals surface area contributed by atoms with E-state index in [1.807, 2.05) is 36.4 Å². The molecule has 3 aromatic rings. The smallest absolute Gasteiger partial charge is 0.324 e. The van der Waals surface area contributed by atoms with Gasteiger partial charge >= 0.3 is 6.03 Å².